The average molecular weight is 312 g/mol. The van der Waals surface area contributed by atoms with Crippen molar-refractivity contribution in [2.24, 2.45) is 7.05 Å². The quantitative estimate of drug-likeness (QED) is 0.631. The number of aliphatic hydroxyl groups is 1. The number of hydrogen-bond acceptors (Lipinski definition) is 6. The van der Waals surface area contributed by atoms with Crippen molar-refractivity contribution in [3.8, 4) is 0 Å². The summed E-state index contributed by atoms with van der Waals surface area (Å²) in [5.41, 5.74) is 9.43. The van der Waals surface area contributed by atoms with E-state index in [1.54, 1.807) is 4.57 Å². The van der Waals surface area contributed by atoms with Crippen LogP contribution in [0.4, 0.5) is 11.9 Å². The molecule has 0 atom stereocenters. The lowest BCUT2D eigenvalue weighted by atomic mass is 10.1. The van der Waals surface area contributed by atoms with E-state index in [1.165, 1.54) is 5.56 Å². The highest BCUT2D eigenvalue weighted by Gasteiger charge is 2.14. The number of nitrogens with one attached hydrogen (secondary N) is 1. The van der Waals surface area contributed by atoms with Gasteiger partial charge in [-0.05, 0) is 18.4 Å². The topological polar surface area (TPSA) is 102 Å². The zero-order chi connectivity index (χ0) is 16.2. The van der Waals surface area contributed by atoms with Gasteiger partial charge in [0.15, 0.2) is 5.65 Å². The molecule has 0 aliphatic heterocycles. The predicted molar refractivity (Wildman–Crippen MR) is 90.1 cm³/mol. The molecular formula is C16H20N6O. The van der Waals surface area contributed by atoms with Gasteiger partial charge in [0.25, 0.3) is 0 Å². The van der Waals surface area contributed by atoms with Crippen LogP contribution in [0.2, 0.25) is 0 Å². The minimum atomic E-state index is 0.0221. The molecule has 120 valence electrons. The molecule has 0 fully saturated rings. The fourth-order valence-corrected chi connectivity index (χ4v) is 2.46. The van der Waals surface area contributed by atoms with Crippen molar-refractivity contribution in [2.45, 2.75) is 12.8 Å². The Morgan fingerprint density at radius 3 is 2.65 bits per heavy atom. The molecule has 0 saturated carbocycles. The van der Waals surface area contributed by atoms with Crippen LogP contribution in [-0.2, 0) is 19.9 Å². The maximum Gasteiger partial charge on any atom is 0.225 e. The first-order valence-electron chi connectivity index (χ1n) is 7.56. The fourth-order valence-electron chi connectivity index (χ4n) is 2.46. The largest absolute Gasteiger partial charge is 0.395 e. The number of imidazole rings is 1. The Labute approximate surface area is 134 Å². The third-order valence-electron chi connectivity index (χ3n) is 3.71. The molecule has 7 nitrogen and oxygen atoms in total. The highest BCUT2D eigenvalue weighted by molar-refractivity contribution is 5.77. The fraction of sp³-hybridized carbons (Fsp3) is 0.312. The SMILES string of the molecule is Cn1c(N)nc2c(CCc3ccccc3)nc(NCCO)nc21. The lowest BCUT2D eigenvalue weighted by molar-refractivity contribution is 0.311. The highest BCUT2D eigenvalue weighted by Crippen LogP contribution is 2.20. The zero-order valence-electron chi connectivity index (χ0n) is 13.0. The second kappa shape index (κ2) is 6.62. The number of aliphatic hydroxyl groups excluding tert-OH is 1. The summed E-state index contributed by atoms with van der Waals surface area (Å²) in [6, 6.07) is 10.2. The first kappa shape index (κ1) is 15.2. The summed E-state index contributed by atoms with van der Waals surface area (Å²) in [7, 11) is 1.83. The van der Waals surface area contributed by atoms with E-state index >= 15 is 0 Å². The van der Waals surface area contributed by atoms with Crippen molar-refractivity contribution in [2.75, 3.05) is 24.2 Å². The molecular weight excluding hydrogens is 292 g/mol. The van der Waals surface area contributed by atoms with Gasteiger partial charge in [0.2, 0.25) is 11.9 Å². The molecule has 3 aromatic rings. The van der Waals surface area contributed by atoms with Gasteiger partial charge >= 0.3 is 0 Å². The molecule has 0 saturated heterocycles. The molecule has 0 spiro atoms. The average Bonchev–Trinajstić information content (AvgIpc) is 2.87. The molecule has 0 radical (unpaired) electrons. The Morgan fingerprint density at radius 1 is 1.13 bits per heavy atom. The van der Waals surface area contributed by atoms with Gasteiger partial charge in [-0.2, -0.15) is 4.98 Å². The van der Waals surface area contributed by atoms with Crippen molar-refractivity contribution in [3.05, 3.63) is 41.6 Å². The number of nitrogens with two attached hydrogens (primary N) is 1. The number of anilines is 2. The highest BCUT2D eigenvalue weighted by atomic mass is 16.3. The van der Waals surface area contributed by atoms with Crippen molar-refractivity contribution in [1.29, 1.82) is 0 Å². The molecule has 0 bridgehead atoms. The zero-order valence-corrected chi connectivity index (χ0v) is 13.0. The van der Waals surface area contributed by atoms with Gasteiger partial charge in [-0.1, -0.05) is 30.3 Å². The number of nitrogen functional groups attached to an aromatic ring is 1. The minimum Gasteiger partial charge on any atom is -0.395 e. The Kier molecular flexibility index (Phi) is 4.38. The number of nitrogens with zero attached hydrogens (tertiary/aromatic N) is 4. The molecule has 1 aromatic carbocycles. The molecule has 2 heterocycles. The molecule has 2 aromatic heterocycles. The number of aryl methyl sites for hydroxylation is 3. The predicted octanol–water partition coefficient (Wildman–Crippen LogP) is 1.13. The number of rotatable bonds is 6. The summed E-state index contributed by atoms with van der Waals surface area (Å²) < 4.78 is 1.74. The Bertz CT molecular complexity index is 799. The molecule has 7 heteroatoms. The number of hydrogen-bond donors (Lipinski definition) is 3. The van der Waals surface area contributed by atoms with E-state index in [-0.39, 0.29) is 6.61 Å². The molecule has 4 N–H and O–H groups in total. The number of benzene rings is 1. The van der Waals surface area contributed by atoms with E-state index in [1.807, 2.05) is 25.2 Å². The van der Waals surface area contributed by atoms with Gasteiger partial charge in [-0.25, -0.2) is 9.97 Å². The Morgan fingerprint density at radius 2 is 1.91 bits per heavy atom. The number of aromatic nitrogens is 4. The van der Waals surface area contributed by atoms with E-state index in [4.69, 9.17) is 10.8 Å². The van der Waals surface area contributed by atoms with Gasteiger partial charge in [-0.15, -0.1) is 0 Å². The van der Waals surface area contributed by atoms with Crippen LogP contribution in [0.5, 0.6) is 0 Å². The van der Waals surface area contributed by atoms with Gasteiger partial charge in [0.05, 0.1) is 12.3 Å². The Hall–Kier alpha value is -2.67. The van der Waals surface area contributed by atoms with E-state index in [9.17, 15) is 0 Å². The molecule has 23 heavy (non-hydrogen) atoms. The van der Waals surface area contributed by atoms with Gasteiger partial charge in [-0.3, -0.25) is 4.57 Å². The monoisotopic (exact) mass is 312 g/mol. The summed E-state index contributed by atoms with van der Waals surface area (Å²) >= 11 is 0. The standard InChI is InChI=1S/C16H20N6O/c1-22-14-13(20-15(22)17)12(19-16(21-14)18-9-10-23)8-7-11-5-3-2-4-6-11/h2-6,23H,7-10H2,1H3,(H2,17,20)(H,18,19,21). The third-order valence-corrected chi connectivity index (χ3v) is 3.71. The van der Waals surface area contributed by atoms with Crippen LogP contribution >= 0.6 is 0 Å². The first-order valence-corrected chi connectivity index (χ1v) is 7.56. The van der Waals surface area contributed by atoms with Crippen LogP contribution in [0, 0.1) is 0 Å². The van der Waals surface area contributed by atoms with Crippen molar-refractivity contribution in [1.82, 2.24) is 19.5 Å². The van der Waals surface area contributed by atoms with E-state index < -0.39 is 0 Å². The molecule has 0 aliphatic carbocycles. The lowest BCUT2D eigenvalue weighted by Crippen LogP contribution is -2.11. The summed E-state index contributed by atoms with van der Waals surface area (Å²) in [4.78, 5) is 13.4. The molecule has 0 aliphatic rings. The second-order valence-corrected chi connectivity index (χ2v) is 5.33. The minimum absolute atomic E-state index is 0.0221. The normalized spacial score (nSPS) is 11.0. The second-order valence-electron chi connectivity index (χ2n) is 5.33. The van der Waals surface area contributed by atoms with Crippen LogP contribution in [-0.4, -0.2) is 37.8 Å². The van der Waals surface area contributed by atoms with Gasteiger partial charge in [0, 0.05) is 13.6 Å². The summed E-state index contributed by atoms with van der Waals surface area (Å²) in [5.74, 6) is 0.896. The van der Waals surface area contributed by atoms with E-state index in [2.05, 4.69) is 32.4 Å². The van der Waals surface area contributed by atoms with Crippen LogP contribution < -0.4 is 11.1 Å². The van der Waals surface area contributed by atoms with E-state index in [0.29, 0.717) is 24.1 Å². The maximum atomic E-state index is 8.97. The first-order chi connectivity index (χ1) is 11.2. The van der Waals surface area contributed by atoms with Crippen molar-refractivity contribution < 1.29 is 5.11 Å². The van der Waals surface area contributed by atoms with Crippen LogP contribution in [0.3, 0.4) is 0 Å². The molecule has 0 amide bonds. The van der Waals surface area contributed by atoms with Crippen molar-refractivity contribution >= 4 is 23.1 Å². The van der Waals surface area contributed by atoms with Crippen LogP contribution in [0.1, 0.15) is 11.3 Å². The smallest absolute Gasteiger partial charge is 0.225 e. The molecule has 3 rings (SSSR count). The Balaban J connectivity index is 1.94. The van der Waals surface area contributed by atoms with Gasteiger partial charge in [0.1, 0.15) is 5.52 Å². The lowest BCUT2D eigenvalue weighted by Gasteiger charge is -2.07. The van der Waals surface area contributed by atoms with Crippen LogP contribution in [0.25, 0.3) is 11.2 Å². The van der Waals surface area contributed by atoms with Gasteiger partial charge < -0.3 is 16.2 Å². The summed E-state index contributed by atoms with van der Waals surface area (Å²) in [6.07, 6.45) is 1.61. The summed E-state index contributed by atoms with van der Waals surface area (Å²) in [5, 5.41) is 12.0. The van der Waals surface area contributed by atoms with Crippen LogP contribution in [0.15, 0.2) is 30.3 Å². The van der Waals surface area contributed by atoms with E-state index in [0.717, 1.165) is 24.1 Å². The summed E-state index contributed by atoms with van der Waals surface area (Å²) in [6.45, 7) is 0.422. The van der Waals surface area contributed by atoms with Crippen molar-refractivity contribution in [3.63, 3.8) is 0 Å². The third kappa shape index (κ3) is 3.24. The maximum absolute atomic E-state index is 8.97. The number of fused-ring (bicyclic) bond motifs is 1. The molecule has 0 unspecified atom stereocenters.